The molecular weight excluding hydrogens is 287 g/mol. The summed E-state index contributed by atoms with van der Waals surface area (Å²) in [6.45, 7) is 4.10. The number of fused-ring (bicyclic) bond motifs is 1. The van der Waals surface area contributed by atoms with Gasteiger partial charge in [0.05, 0.1) is 5.39 Å². The maximum absolute atomic E-state index is 13.6. The van der Waals surface area contributed by atoms with Crippen molar-refractivity contribution in [3.8, 4) is 0 Å². The number of benzene rings is 1. The van der Waals surface area contributed by atoms with Gasteiger partial charge in [0.2, 0.25) is 5.95 Å². The van der Waals surface area contributed by atoms with E-state index in [1.165, 1.54) is 11.3 Å². The van der Waals surface area contributed by atoms with Gasteiger partial charge in [-0.15, -0.1) is 11.3 Å². The zero-order valence-corrected chi connectivity index (χ0v) is 12.6. The Balaban J connectivity index is 1.88. The highest BCUT2D eigenvalue weighted by atomic mass is 32.1. The van der Waals surface area contributed by atoms with Crippen LogP contribution >= 0.6 is 11.3 Å². The van der Waals surface area contributed by atoms with Gasteiger partial charge < -0.3 is 11.1 Å². The molecule has 0 bridgehead atoms. The number of hydrogen-bond donors (Lipinski definition) is 2. The number of hydrogen-bond acceptors (Lipinski definition) is 5. The van der Waals surface area contributed by atoms with Gasteiger partial charge in [-0.25, -0.2) is 9.37 Å². The molecule has 4 nitrogen and oxygen atoms in total. The van der Waals surface area contributed by atoms with Crippen LogP contribution in [0.4, 0.5) is 16.2 Å². The monoisotopic (exact) mass is 302 g/mol. The highest BCUT2D eigenvalue weighted by molar-refractivity contribution is 7.16. The molecule has 2 heterocycles. The third kappa shape index (κ3) is 2.67. The van der Waals surface area contributed by atoms with Gasteiger partial charge in [-0.1, -0.05) is 12.1 Å². The lowest BCUT2D eigenvalue weighted by molar-refractivity contribution is 0.608. The quantitative estimate of drug-likeness (QED) is 0.775. The summed E-state index contributed by atoms with van der Waals surface area (Å²) in [5, 5.41) is 6.16. The maximum atomic E-state index is 13.6. The van der Waals surface area contributed by atoms with E-state index in [-0.39, 0.29) is 11.8 Å². The average Bonchev–Trinajstić information content (AvgIpc) is 2.90. The molecule has 0 aliphatic rings. The smallest absolute Gasteiger partial charge is 0.223 e. The van der Waals surface area contributed by atoms with Gasteiger partial charge in [0.1, 0.15) is 16.5 Å². The molecule has 3 aromatic rings. The lowest BCUT2D eigenvalue weighted by Crippen LogP contribution is -2.05. The molecule has 0 aliphatic carbocycles. The summed E-state index contributed by atoms with van der Waals surface area (Å²) in [4.78, 5) is 9.28. The van der Waals surface area contributed by atoms with Gasteiger partial charge in [-0.05, 0) is 42.0 Å². The minimum atomic E-state index is -0.148. The van der Waals surface area contributed by atoms with Crippen molar-refractivity contribution in [1.82, 2.24) is 9.97 Å². The van der Waals surface area contributed by atoms with Crippen molar-refractivity contribution in [3.63, 3.8) is 0 Å². The van der Waals surface area contributed by atoms with Gasteiger partial charge in [-0.3, -0.25) is 0 Å². The van der Waals surface area contributed by atoms with Gasteiger partial charge in [0.15, 0.2) is 0 Å². The predicted octanol–water partition coefficient (Wildman–Crippen LogP) is 3.64. The van der Waals surface area contributed by atoms with E-state index in [0.29, 0.717) is 23.5 Å². The van der Waals surface area contributed by atoms with E-state index in [2.05, 4.69) is 15.3 Å². The molecular formula is C15H15FN4S. The van der Waals surface area contributed by atoms with Crippen molar-refractivity contribution in [1.29, 1.82) is 0 Å². The second kappa shape index (κ2) is 5.29. The summed E-state index contributed by atoms with van der Waals surface area (Å²) < 4.78 is 13.6. The van der Waals surface area contributed by atoms with E-state index in [9.17, 15) is 4.39 Å². The SMILES string of the molecule is Cc1cc(CNc2nc(N)nc3sccc23)cc(C)c1F. The number of rotatable bonds is 3. The van der Waals surface area contributed by atoms with Crippen LogP contribution in [0.15, 0.2) is 23.6 Å². The van der Waals surface area contributed by atoms with Gasteiger partial charge in [-0.2, -0.15) is 4.98 Å². The summed E-state index contributed by atoms with van der Waals surface area (Å²) in [6, 6.07) is 5.64. The van der Waals surface area contributed by atoms with Crippen LogP contribution in [0.1, 0.15) is 16.7 Å². The Hall–Kier alpha value is -2.21. The van der Waals surface area contributed by atoms with Crippen molar-refractivity contribution in [3.05, 3.63) is 46.1 Å². The number of nitrogen functional groups attached to an aromatic ring is 1. The van der Waals surface area contributed by atoms with Crippen LogP contribution in [0, 0.1) is 19.7 Å². The second-order valence-corrected chi connectivity index (χ2v) is 5.86. The zero-order chi connectivity index (χ0) is 15.0. The van der Waals surface area contributed by atoms with Crippen LogP contribution in [0.25, 0.3) is 10.2 Å². The van der Waals surface area contributed by atoms with Crippen LogP contribution in [-0.4, -0.2) is 9.97 Å². The fraction of sp³-hybridized carbons (Fsp3) is 0.200. The van der Waals surface area contributed by atoms with Gasteiger partial charge >= 0.3 is 0 Å². The van der Waals surface area contributed by atoms with E-state index in [0.717, 1.165) is 15.8 Å². The number of nitrogens with one attached hydrogen (secondary N) is 1. The number of nitrogens with two attached hydrogens (primary N) is 1. The number of aryl methyl sites for hydroxylation is 2. The van der Waals surface area contributed by atoms with E-state index < -0.39 is 0 Å². The van der Waals surface area contributed by atoms with Crippen molar-refractivity contribution < 1.29 is 4.39 Å². The van der Waals surface area contributed by atoms with E-state index in [1.54, 1.807) is 13.8 Å². The molecule has 0 unspecified atom stereocenters. The Labute approximate surface area is 125 Å². The predicted molar refractivity (Wildman–Crippen MR) is 85.0 cm³/mol. The molecule has 0 atom stereocenters. The van der Waals surface area contributed by atoms with Crippen LogP contribution < -0.4 is 11.1 Å². The number of nitrogens with zero attached hydrogens (tertiary/aromatic N) is 2. The third-order valence-corrected chi connectivity index (χ3v) is 4.11. The molecule has 0 saturated heterocycles. The molecule has 3 rings (SSSR count). The standard InChI is InChI=1S/C15H15FN4S/c1-8-5-10(6-9(2)12(8)16)7-18-13-11-3-4-21-14(11)20-15(17)19-13/h3-6H,7H2,1-2H3,(H3,17,18,19,20). The number of thiophene rings is 1. The molecule has 0 spiro atoms. The highest BCUT2D eigenvalue weighted by Gasteiger charge is 2.08. The first-order valence-corrected chi connectivity index (χ1v) is 7.43. The Morgan fingerprint density at radius 3 is 2.67 bits per heavy atom. The van der Waals surface area contributed by atoms with Crippen LogP contribution in [-0.2, 0) is 6.54 Å². The van der Waals surface area contributed by atoms with Crippen molar-refractivity contribution in [2.45, 2.75) is 20.4 Å². The third-order valence-electron chi connectivity index (χ3n) is 3.30. The molecule has 0 amide bonds. The Kier molecular flexibility index (Phi) is 3.47. The summed E-state index contributed by atoms with van der Waals surface area (Å²) in [6.07, 6.45) is 0. The Morgan fingerprint density at radius 2 is 1.95 bits per heavy atom. The van der Waals surface area contributed by atoms with Crippen LogP contribution in [0.5, 0.6) is 0 Å². The topological polar surface area (TPSA) is 63.8 Å². The summed E-state index contributed by atoms with van der Waals surface area (Å²) >= 11 is 1.52. The normalized spacial score (nSPS) is 11.0. The summed E-state index contributed by atoms with van der Waals surface area (Å²) in [7, 11) is 0. The van der Waals surface area contributed by atoms with Gasteiger partial charge in [0, 0.05) is 6.54 Å². The average molecular weight is 302 g/mol. The first-order valence-electron chi connectivity index (χ1n) is 6.55. The summed E-state index contributed by atoms with van der Waals surface area (Å²) in [5.74, 6) is 0.808. The maximum Gasteiger partial charge on any atom is 0.223 e. The lowest BCUT2D eigenvalue weighted by atomic mass is 10.1. The van der Waals surface area contributed by atoms with Crippen molar-refractivity contribution in [2.75, 3.05) is 11.1 Å². The Morgan fingerprint density at radius 1 is 1.24 bits per heavy atom. The molecule has 1 aromatic carbocycles. The molecule has 2 aromatic heterocycles. The van der Waals surface area contributed by atoms with E-state index in [4.69, 9.17) is 5.73 Å². The highest BCUT2D eigenvalue weighted by Crippen LogP contribution is 2.26. The molecule has 3 N–H and O–H groups in total. The van der Waals surface area contributed by atoms with E-state index in [1.807, 2.05) is 23.6 Å². The molecule has 21 heavy (non-hydrogen) atoms. The fourth-order valence-corrected chi connectivity index (χ4v) is 3.10. The van der Waals surface area contributed by atoms with Crippen LogP contribution in [0.3, 0.4) is 0 Å². The van der Waals surface area contributed by atoms with Gasteiger partial charge in [0.25, 0.3) is 0 Å². The number of aromatic nitrogens is 2. The minimum absolute atomic E-state index is 0.148. The zero-order valence-electron chi connectivity index (χ0n) is 11.8. The molecule has 6 heteroatoms. The number of anilines is 2. The molecule has 0 saturated carbocycles. The first-order chi connectivity index (χ1) is 10.0. The Bertz CT molecular complexity index is 790. The number of halogens is 1. The summed E-state index contributed by atoms with van der Waals surface area (Å²) in [5.41, 5.74) is 8.02. The second-order valence-electron chi connectivity index (χ2n) is 4.97. The van der Waals surface area contributed by atoms with Crippen molar-refractivity contribution in [2.24, 2.45) is 0 Å². The lowest BCUT2D eigenvalue weighted by Gasteiger charge is -2.10. The minimum Gasteiger partial charge on any atom is -0.368 e. The fourth-order valence-electron chi connectivity index (χ4n) is 2.33. The van der Waals surface area contributed by atoms with E-state index >= 15 is 0 Å². The molecule has 108 valence electrons. The van der Waals surface area contributed by atoms with Crippen molar-refractivity contribution >= 4 is 33.3 Å². The largest absolute Gasteiger partial charge is 0.368 e. The molecule has 0 fully saturated rings. The molecule has 0 radical (unpaired) electrons. The van der Waals surface area contributed by atoms with Crippen LogP contribution in [0.2, 0.25) is 0 Å². The first kappa shape index (κ1) is 13.8. The molecule has 0 aliphatic heterocycles.